The monoisotopic (exact) mass is 372 g/mol. The SMILES string of the molecule is O=C(Nc1ccccc1N1CCOCC1)c1c(F)c(F)c(F)c(F)c1F. The summed E-state index contributed by atoms with van der Waals surface area (Å²) in [6, 6.07) is 6.39. The minimum atomic E-state index is -2.31. The maximum absolute atomic E-state index is 13.8. The summed E-state index contributed by atoms with van der Waals surface area (Å²) in [7, 11) is 0. The smallest absolute Gasteiger partial charge is 0.261 e. The molecule has 0 spiro atoms. The third kappa shape index (κ3) is 3.22. The van der Waals surface area contributed by atoms with Crippen molar-refractivity contribution in [3.63, 3.8) is 0 Å². The lowest BCUT2D eigenvalue weighted by molar-refractivity contribution is 0.101. The molecule has 9 heteroatoms. The molecule has 2 aromatic carbocycles. The van der Waals surface area contributed by atoms with Crippen LogP contribution in [0.5, 0.6) is 0 Å². The third-order valence-electron chi connectivity index (χ3n) is 3.94. The van der Waals surface area contributed by atoms with Crippen LogP contribution in [0.4, 0.5) is 33.3 Å². The van der Waals surface area contributed by atoms with Gasteiger partial charge in [-0.1, -0.05) is 12.1 Å². The average molecular weight is 372 g/mol. The molecule has 1 N–H and O–H groups in total. The number of hydrogen-bond acceptors (Lipinski definition) is 3. The number of carbonyl (C=O) groups excluding carboxylic acids is 1. The van der Waals surface area contributed by atoms with E-state index in [-0.39, 0.29) is 5.69 Å². The van der Waals surface area contributed by atoms with Gasteiger partial charge in [0.25, 0.3) is 5.91 Å². The zero-order chi connectivity index (χ0) is 18.8. The molecule has 0 bridgehead atoms. The van der Waals surface area contributed by atoms with Crippen molar-refractivity contribution in [3.8, 4) is 0 Å². The van der Waals surface area contributed by atoms with E-state index >= 15 is 0 Å². The highest BCUT2D eigenvalue weighted by Gasteiger charge is 2.30. The van der Waals surface area contributed by atoms with Gasteiger partial charge in [0.2, 0.25) is 5.82 Å². The molecule has 2 aromatic rings. The second-order valence-corrected chi connectivity index (χ2v) is 5.52. The van der Waals surface area contributed by atoms with Gasteiger partial charge in [0.05, 0.1) is 24.6 Å². The first kappa shape index (κ1) is 18.1. The molecule has 1 aliphatic heterocycles. The van der Waals surface area contributed by atoms with Crippen LogP contribution in [0, 0.1) is 29.1 Å². The van der Waals surface area contributed by atoms with Gasteiger partial charge in [-0.25, -0.2) is 22.0 Å². The van der Waals surface area contributed by atoms with E-state index in [0.29, 0.717) is 32.0 Å². The van der Waals surface area contributed by atoms with Crippen molar-refractivity contribution in [1.29, 1.82) is 0 Å². The molecule has 0 aromatic heterocycles. The minimum absolute atomic E-state index is 0.184. The minimum Gasteiger partial charge on any atom is -0.378 e. The molecule has 1 aliphatic rings. The number of nitrogens with zero attached hydrogens (tertiary/aromatic N) is 1. The molecular formula is C17H13F5N2O2. The Morgan fingerprint density at radius 2 is 1.42 bits per heavy atom. The summed E-state index contributed by atoms with van der Waals surface area (Å²) in [5.74, 6) is -12.4. The number of benzene rings is 2. The van der Waals surface area contributed by atoms with E-state index in [4.69, 9.17) is 4.74 Å². The number of rotatable bonds is 3. The Bertz CT molecular complexity index is 824. The fourth-order valence-electron chi connectivity index (χ4n) is 2.65. The van der Waals surface area contributed by atoms with Crippen LogP contribution in [0.2, 0.25) is 0 Å². The molecule has 0 saturated carbocycles. The molecule has 0 radical (unpaired) electrons. The second-order valence-electron chi connectivity index (χ2n) is 5.52. The Hall–Kier alpha value is -2.68. The van der Waals surface area contributed by atoms with Crippen LogP contribution in [0.25, 0.3) is 0 Å². The summed E-state index contributed by atoms with van der Waals surface area (Å²) in [6.07, 6.45) is 0. The van der Waals surface area contributed by atoms with Crippen molar-refractivity contribution in [1.82, 2.24) is 0 Å². The Morgan fingerprint density at radius 3 is 2.04 bits per heavy atom. The highest BCUT2D eigenvalue weighted by molar-refractivity contribution is 6.06. The number of morpholine rings is 1. The summed E-state index contributed by atoms with van der Waals surface area (Å²) >= 11 is 0. The van der Waals surface area contributed by atoms with Gasteiger partial charge in [-0.2, -0.15) is 0 Å². The first-order chi connectivity index (χ1) is 12.4. The van der Waals surface area contributed by atoms with Crippen LogP contribution < -0.4 is 10.2 Å². The predicted octanol–water partition coefficient (Wildman–Crippen LogP) is 3.47. The number of halogens is 5. The van der Waals surface area contributed by atoms with Gasteiger partial charge in [0, 0.05) is 13.1 Å². The fraction of sp³-hybridized carbons (Fsp3) is 0.235. The highest BCUT2D eigenvalue weighted by Crippen LogP contribution is 2.28. The molecule has 1 fully saturated rings. The lowest BCUT2D eigenvalue weighted by Gasteiger charge is -2.30. The number of anilines is 2. The van der Waals surface area contributed by atoms with Crippen molar-refractivity contribution in [2.45, 2.75) is 0 Å². The topological polar surface area (TPSA) is 41.6 Å². The van der Waals surface area contributed by atoms with Crippen molar-refractivity contribution < 1.29 is 31.5 Å². The van der Waals surface area contributed by atoms with Crippen molar-refractivity contribution in [2.24, 2.45) is 0 Å². The first-order valence-corrected chi connectivity index (χ1v) is 7.66. The largest absolute Gasteiger partial charge is 0.378 e. The first-order valence-electron chi connectivity index (χ1n) is 7.66. The highest BCUT2D eigenvalue weighted by atomic mass is 19.2. The lowest BCUT2D eigenvalue weighted by Crippen LogP contribution is -2.36. The second kappa shape index (κ2) is 7.28. The normalized spacial score (nSPS) is 14.4. The van der Waals surface area contributed by atoms with E-state index in [1.807, 2.05) is 4.90 Å². The summed E-state index contributed by atoms with van der Waals surface area (Å²) in [6.45, 7) is 1.96. The standard InChI is InChI=1S/C17H13F5N2O2/c18-12-11(13(19)15(21)16(22)14(12)20)17(25)23-9-3-1-2-4-10(9)24-5-7-26-8-6-24/h1-4H,5-8H2,(H,23,25). The summed E-state index contributed by atoms with van der Waals surface area (Å²) in [5, 5.41) is 2.22. The third-order valence-corrected chi connectivity index (χ3v) is 3.94. The van der Waals surface area contributed by atoms with Crippen molar-refractivity contribution >= 4 is 17.3 Å². The van der Waals surface area contributed by atoms with E-state index in [0.717, 1.165) is 0 Å². The van der Waals surface area contributed by atoms with E-state index in [1.165, 1.54) is 6.07 Å². The van der Waals surface area contributed by atoms with E-state index in [2.05, 4.69) is 5.32 Å². The molecule has 138 valence electrons. The predicted molar refractivity (Wildman–Crippen MR) is 83.7 cm³/mol. The molecule has 26 heavy (non-hydrogen) atoms. The molecule has 1 saturated heterocycles. The Balaban J connectivity index is 1.95. The van der Waals surface area contributed by atoms with Crippen LogP contribution in [0.1, 0.15) is 10.4 Å². The molecule has 0 unspecified atom stereocenters. The number of ether oxygens (including phenoxy) is 1. The van der Waals surface area contributed by atoms with Gasteiger partial charge < -0.3 is 15.0 Å². The molecule has 3 rings (SSSR count). The van der Waals surface area contributed by atoms with E-state index in [9.17, 15) is 26.7 Å². The molecular weight excluding hydrogens is 359 g/mol. The van der Waals surface area contributed by atoms with Crippen molar-refractivity contribution in [3.05, 3.63) is 58.9 Å². The van der Waals surface area contributed by atoms with Crippen LogP contribution in [0.15, 0.2) is 24.3 Å². The number of amides is 1. The van der Waals surface area contributed by atoms with Gasteiger partial charge in [0.1, 0.15) is 5.56 Å². The molecule has 0 atom stereocenters. The maximum Gasteiger partial charge on any atom is 0.261 e. The zero-order valence-electron chi connectivity index (χ0n) is 13.3. The fourth-order valence-corrected chi connectivity index (χ4v) is 2.65. The Morgan fingerprint density at radius 1 is 0.885 bits per heavy atom. The van der Waals surface area contributed by atoms with Crippen LogP contribution in [-0.2, 0) is 4.74 Å². The number of carbonyl (C=O) groups is 1. The quantitative estimate of drug-likeness (QED) is 0.510. The number of nitrogens with one attached hydrogen (secondary N) is 1. The van der Waals surface area contributed by atoms with E-state index < -0.39 is 40.6 Å². The average Bonchev–Trinajstić information content (AvgIpc) is 2.66. The number of hydrogen-bond donors (Lipinski definition) is 1. The van der Waals surface area contributed by atoms with Gasteiger partial charge in [-0.05, 0) is 12.1 Å². The van der Waals surface area contributed by atoms with Gasteiger partial charge in [0.15, 0.2) is 23.3 Å². The van der Waals surface area contributed by atoms with Gasteiger partial charge >= 0.3 is 0 Å². The zero-order valence-corrected chi connectivity index (χ0v) is 13.3. The summed E-state index contributed by atoms with van der Waals surface area (Å²) in [5.41, 5.74) is -0.797. The van der Waals surface area contributed by atoms with E-state index in [1.54, 1.807) is 18.2 Å². The van der Waals surface area contributed by atoms with Crippen LogP contribution in [0.3, 0.4) is 0 Å². The van der Waals surface area contributed by atoms with Crippen LogP contribution in [-0.4, -0.2) is 32.2 Å². The molecule has 1 amide bonds. The summed E-state index contributed by atoms with van der Waals surface area (Å²) < 4.78 is 72.6. The Kier molecular flexibility index (Phi) is 5.08. The van der Waals surface area contributed by atoms with Gasteiger partial charge in [-0.3, -0.25) is 4.79 Å². The molecule has 4 nitrogen and oxygen atoms in total. The molecule has 0 aliphatic carbocycles. The molecule has 1 heterocycles. The van der Waals surface area contributed by atoms with Gasteiger partial charge in [-0.15, -0.1) is 0 Å². The summed E-state index contributed by atoms with van der Waals surface area (Å²) in [4.78, 5) is 14.1. The Labute approximate surface area is 145 Å². The van der Waals surface area contributed by atoms with Crippen molar-refractivity contribution in [2.75, 3.05) is 36.5 Å². The number of para-hydroxylation sites is 2. The maximum atomic E-state index is 13.8. The lowest BCUT2D eigenvalue weighted by atomic mass is 10.1. The van der Waals surface area contributed by atoms with Crippen LogP contribution >= 0.6 is 0 Å².